The smallest absolute Gasteiger partial charge is 0.169 e. The fraction of sp³-hybridized carbons (Fsp3) is 0.259. The molecule has 1 nitrogen and oxygen atoms in total. The van der Waals surface area contributed by atoms with E-state index in [4.69, 9.17) is 4.74 Å². The van der Waals surface area contributed by atoms with Gasteiger partial charge in [0, 0.05) is 16.5 Å². The predicted molar refractivity (Wildman–Crippen MR) is 123 cm³/mol. The Balaban J connectivity index is 1.86. The Labute approximate surface area is 181 Å². The van der Waals surface area contributed by atoms with Gasteiger partial charge in [0.15, 0.2) is 11.7 Å². The lowest BCUT2D eigenvalue weighted by atomic mass is 9.99. The molecule has 3 rings (SSSR count). The standard InChI is InChI=1S/C27H27F3O/c1-3-5-7-8-19-9-15-23-21(18-19)12-16-24(26(23)29)27(30)25(28)20-10-13-22(14-11-20)31-17-6-4-2/h4,6,9-16,18H,3,5,7-8,17H2,1-2H3. The first-order chi connectivity index (χ1) is 15.0. The molecular weight excluding hydrogens is 397 g/mol. The zero-order chi connectivity index (χ0) is 22.2. The molecule has 0 unspecified atom stereocenters. The lowest BCUT2D eigenvalue weighted by Gasteiger charge is -2.09. The number of ether oxygens (including phenoxy) is 1. The summed E-state index contributed by atoms with van der Waals surface area (Å²) in [5.41, 5.74) is 0.769. The highest BCUT2D eigenvalue weighted by atomic mass is 19.2. The van der Waals surface area contributed by atoms with Gasteiger partial charge >= 0.3 is 0 Å². The minimum Gasteiger partial charge on any atom is -0.490 e. The Kier molecular flexibility index (Phi) is 7.94. The number of benzene rings is 3. The van der Waals surface area contributed by atoms with Gasteiger partial charge in [-0.1, -0.05) is 56.2 Å². The molecule has 162 valence electrons. The van der Waals surface area contributed by atoms with Crippen molar-refractivity contribution in [2.45, 2.75) is 39.5 Å². The van der Waals surface area contributed by atoms with E-state index in [0.29, 0.717) is 17.7 Å². The molecule has 4 heteroatoms. The van der Waals surface area contributed by atoms with Gasteiger partial charge in [-0.05, 0) is 61.0 Å². The van der Waals surface area contributed by atoms with Gasteiger partial charge in [-0.25, -0.2) is 13.2 Å². The molecule has 0 fully saturated rings. The summed E-state index contributed by atoms with van der Waals surface area (Å²) in [6.45, 7) is 4.42. The third-order valence-electron chi connectivity index (χ3n) is 5.21. The quantitative estimate of drug-likeness (QED) is 0.190. The summed E-state index contributed by atoms with van der Waals surface area (Å²) in [6.07, 6.45) is 7.97. The first-order valence-electron chi connectivity index (χ1n) is 10.7. The van der Waals surface area contributed by atoms with E-state index in [9.17, 15) is 8.78 Å². The van der Waals surface area contributed by atoms with Crippen molar-refractivity contribution in [1.82, 2.24) is 0 Å². The summed E-state index contributed by atoms with van der Waals surface area (Å²) in [7, 11) is 0. The number of hydrogen-bond acceptors (Lipinski definition) is 1. The third kappa shape index (κ3) is 5.57. The van der Waals surface area contributed by atoms with Crippen LogP contribution in [0.1, 0.15) is 49.8 Å². The molecule has 0 aliphatic carbocycles. The van der Waals surface area contributed by atoms with Gasteiger partial charge in [-0.3, -0.25) is 0 Å². The molecule has 0 saturated carbocycles. The fourth-order valence-corrected chi connectivity index (χ4v) is 3.43. The van der Waals surface area contributed by atoms with Crippen LogP contribution >= 0.6 is 0 Å². The second-order valence-electron chi connectivity index (χ2n) is 7.47. The van der Waals surface area contributed by atoms with Crippen molar-refractivity contribution in [1.29, 1.82) is 0 Å². The van der Waals surface area contributed by atoms with E-state index in [-0.39, 0.29) is 16.5 Å². The fourth-order valence-electron chi connectivity index (χ4n) is 3.43. The van der Waals surface area contributed by atoms with Crippen LogP contribution in [0.25, 0.3) is 22.4 Å². The van der Waals surface area contributed by atoms with Crippen LogP contribution in [0, 0.1) is 5.82 Å². The van der Waals surface area contributed by atoms with E-state index in [1.807, 2.05) is 31.2 Å². The summed E-state index contributed by atoms with van der Waals surface area (Å²) in [5, 5.41) is 0.971. The van der Waals surface area contributed by atoms with Gasteiger partial charge in [0.05, 0.1) is 0 Å². The number of fused-ring (bicyclic) bond motifs is 1. The number of aryl methyl sites for hydroxylation is 1. The molecule has 0 amide bonds. The van der Waals surface area contributed by atoms with Gasteiger partial charge in [0.2, 0.25) is 0 Å². The molecule has 31 heavy (non-hydrogen) atoms. The molecule has 0 spiro atoms. The number of halogens is 3. The Morgan fingerprint density at radius 2 is 1.71 bits per heavy atom. The maximum Gasteiger partial charge on any atom is 0.169 e. The van der Waals surface area contributed by atoms with Gasteiger partial charge < -0.3 is 4.74 Å². The van der Waals surface area contributed by atoms with Gasteiger partial charge in [-0.2, -0.15) is 0 Å². The zero-order valence-electron chi connectivity index (χ0n) is 17.9. The van der Waals surface area contributed by atoms with Crippen LogP contribution < -0.4 is 4.74 Å². The normalized spacial score (nSPS) is 12.4. The van der Waals surface area contributed by atoms with E-state index >= 15 is 4.39 Å². The van der Waals surface area contributed by atoms with Gasteiger partial charge in [0.25, 0.3) is 0 Å². The number of unbranched alkanes of at least 4 members (excludes halogenated alkanes) is 2. The molecule has 0 saturated heterocycles. The molecule has 0 bridgehead atoms. The summed E-state index contributed by atoms with van der Waals surface area (Å²) in [4.78, 5) is 0. The van der Waals surface area contributed by atoms with Gasteiger partial charge in [0.1, 0.15) is 18.2 Å². The van der Waals surface area contributed by atoms with Crippen molar-refractivity contribution >= 4 is 22.4 Å². The van der Waals surface area contributed by atoms with Crippen molar-refractivity contribution in [3.05, 3.63) is 89.3 Å². The molecule has 0 heterocycles. The second-order valence-corrected chi connectivity index (χ2v) is 7.47. The average molecular weight is 425 g/mol. The molecule has 0 radical (unpaired) electrons. The molecular formula is C27H27F3O. The van der Waals surface area contributed by atoms with E-state index in [2.05, 4.69) is 6.92 Å². The third-order valence-corrected chi connectivity index (χ3v) is 5.21. The second kappa shape index (κ2) is 10.9. The maximum atomic E-state index is 15.0. The zero-order valence-corrected chi connectivity index (χ0v) is 17.9. The summed E-state index contributed by atoms with van der Waals surface area (Å²) in [5.74, 6) is -2.53. The van der Waals surface area contributed by atoms with Crippen molar-refractivity contribution in [2.75, 3.05) is 6.61 Å². The maximum absolute atomic E-state index is 15.0. The Morgan fingerprint density at radius 3 is 2.42 bits per heavy atom. The molecule has 0 aromatic heterocycles. The average Bonchev–Trinajstić information content (AvgIpc) is 2.79. The lowest BCUT2D eigenvalue weighted by Crippen LogP contribution is -1.94. The highest BCUT2D eigenvalue weighted by Crippen LogP contribution is 2.34. The van der Waals surface area contributed by atoms with Crippen LogP contribution in [0.4, 0.5) is 13.2 Å². The first kappa shape index (κ1) is 22.7. The van der Waals surface area contributed by atoms with Crippen LogP contribution in [-0.2, 0) is 6.42 Å². The summed E-state index contributed by atoms with van der Waals surface area (Å²) in [6, 6.07) is 14.3. The van der Waals surface area contributed by atoms with E-state index in [1.165, 1.54) is 18.2 Å². The Morgan fingerprint density at radius 1 is 0.935 bits per heavy atom. The van der Waals surface area contributed by atoms with Gasteiger partial charge in [-0.15, -0.1) is 0 Å². The van der Waals surface area contributed by atoms with Crippen LogP contribution in [0.5, 0.6) is 5.75 Å². The molecule has 0 N–H and O–H groups in total. The van der Waals surface area contributed by atoms with Crippen molar-refractivity contribution in [2.24, 2.45) is 0 Å². The molecule has 0 aliphatic rings. The van der Waals surface area contributed by atoms with Crippen LogP contribution in [0.15, 0.2) is 66.7 Å². The lowest BCUT2D eigenvalue weighted by molar-refractivity contribution is 0.362. The van der Waals surface area contributed by atoms with Crippen LogP contribution in [0.2, 0.25) is 0 Å². The summed E-state index contributed by atoms with van der Waals surface area (Å²) >= 11 is 0. The van der Waals surface area contributed by atoms with Crippen molar-refractivity contribution in [3.63, 3.8) is 0 Å². The highest BCUT2D eigenvalue weighted by Gasteiger charge is 2.17. The van der Waals surface area contributed by atoms with E-state index < -0.39 is 17.5 Å². The van der Waals surface area contributed by atoms with Crippen LogP contribution in [0.3, 0.4) is 0 Å². The number of rotatable bonds is 9. The van der Waals surface area contributed by atoms with Crippen molar-refractivity contribution < 1.29 is 17.9 Å². The number of allylic oxidation sites excluding steroid dienone is 1. The molecule has 3 aromatic carbocycles. The summed E-state index contributed by atoms with van der Waals surface area (Å²) < 4.78 is 50.1. The molecule has 0 atom stereocenters. The number of hydrogen-bond donors (Lipinski definition) is 0. The van der Waals surface area contributed by atoms with E-state index in [1.54, 1.807) is 24.3 Å². The first-order valence-corrected chi connectivity index (χ1v) is 10.7. The highest BCUT2D eigenvalue weighted by molar-refractivity contribution is 5.91. The Hall–Kier alpha value is -3.01. The SMILES string of the molecule is CC=CCOc1ccc(C(F)=C(F)c2ccc3cc(CCCCC)ccc3c2F)cc1. The minimum absolute atomic E-state index is 0.0293. The monoisotopic (exact) mass is 424 g/mol. The van der Waals surface area contributed by atoms with Crippen molar-refractivity contribution in [3.8, 4) is 5.75 Å². The topological polar surface area (TPSA) is 9.23 Å². The molecule has 3 aromatic rings. The van der Waals surface area contributed by atoms with E-state index in [0.717, 1.165) is 31.2 Å². The largest absolute Gasteiger partial charge is 0.490 e. The van der Waals surface area contributed by atoms with Crippen LogP contribution in [-0.4, -0.2) is 6.61 Å². The molecule has 0 aliphatic heterocycles. The predicted octanol–water partition coefficient (Wildman–Crippen LogP) is 8.43. The Bertz CT molecular complexity index is 1080. The minimum atomic E-state index is -1.21.